The zero-order valence-electron chi connectivity index (χ0n) is 12.2. The van der Waals surface area contributed by atoms with Gasteiger partial charge in [0.2, 0.25) is 0 Å². The summed E-state index contributed by atoms with van der Waals surface area (Å²) in [7, 11) is 0. The van der Waals surface area contributed by atoms with Gasteiger partial charge in [-0.1, -0.05) is 26.2 Å². The average molecular weight is 293 g/mol. The lowest BCUT2D eigenvalue weighted by atomic mass is 9.83. The Morgan fingerprint density at radius 2 is 1.90 bits per heavy atom. The van der Waals surface area contributed by atoms with Gasteiger partial charge in [-0.3, -0.25) is 0 Å². The Morgan fingerprint density at radius 1 is 1.15 bits per heavy atom. The Morgan fingerprint density at radius 3 is 2.60 bits per heavy atom. The van der Waals surface area contributed by atoms with Gasteiger partial charge in [-0.25, -0.2) is 0 Å². The molecule has 2 nitrogen and oxygen atoms in total. The van der Waals surface area contributed by atoms with Crippen LogP contribution >= 0.6 is 0 Å². The molecule has 2 rings (SSSR count). The molecule has 0 bridgehead atoms. The van der Waals surface area contributed by atoms with E-state index >= 15 is 0 Å². The molecule has 1 N–H and O–H groups in total. The third kappa shape index (κ3) is 4.35. The summed E-state index contributed by atoms with van der Waals surface area (Å²) in [6.07, 6.45) is 2.46. The molecule has 1 saturated carbocycles. The van der Waals surface area contributed by atoms with Crippen molar-refractivity contribution in [3.63, 3.8) is 0 Å². The second-order valence-electron chi connectivity index (χ2n) is 6.21. The van der Waals surface area contributed by atoms with Gasteiger partial charge < -0.3 is 10.1 Å². The molecule has 1 aliphatic carbocycles. The van der Waals surface area contributed by atoms with Gasteiger partial charge in [-0.05, 0) is 32.1 Å². The number of ether oxygens (including phenoxy) is 1. The third-order valence-corrected chi connectivity index (χ3v) is 4.61. The van der Waals surface area contributed by atoms with Crippen molar-refractivity contribution in [1.82, 2.24) is 5.32 Å². The highest BCUT2D eigenvalue weighted by Crippen LogP contribution is 2.38. The van der Waals surface area contributed by atoms with Crippen LogP contribution in [0.4, 0.5) is 13.2 Å². The van der Waals surface area contributed by atoms with Crippen LogP contribution < -0.4 is 5.32 Å². The standard InChI is InChI=1S/C15H26F3NO/c1-2-5-12-10-11(8-9-20-12)19-14-7-4-3-6-13(14)15(16,17)18/h11-14,19H,2-10H2,1H3. The lowest BCUT2D eigenvalue weighted by molar-refractivity contribution is -0.190. The van der Waals surface area contributed by atoms with Crippen molar-refractivity contribution >= 4 is 0 Å². The van der Waals surface area contributed by atoms with Crippen LogP contribution in [-0.4, -0.2) is 31.0 Å². The average Bonchev–Trinajstić information content (AvgIpc) is 2.39. The van der Waals surface area contributed by atoms with Crippen LogP contribution in [0.5, 0.6) is 0 Å². The van der Waals surface area contributed by atoms with Gasteiger partial charge in [0.1, 0.15) is 0 Å². The summed E-state index contributed by atoms with van der Waals surface area (Å²) in [5, 5.41) is 3.30. The summed E-state index contributed by atoms with van der Waals surface area (Å²) in [4.78, 5) is 0. The van der Waals surface area contributed by atoms with E-state index in [2.05, 4.69) is 12.2 Å². The van der Waals surface area contributed by atoms with Crippen LogP contribution in [0.2, 0.25) is 0 Å². The fraction of sp³-hybridized carbons (Fsp3) is 1.00. The van der Waals surface area contributed by atoms with Crippen LogP contribution in [0.25, 0.3) is 0 Å². The quantitative estimate of drug-likeness (QED) is 0.844. The Hall–Kier alpha value is -0.290. The van der Waals surface area contributed by atoms with E-state index in [1.54, 1.807) is 0 Å². The second-order valence-corrected chi connectivity index (χ2v) is 6.21. The van der Waals surface area contributed by atoms with Crippen LogP contribution in [0.15, 0.2) is 0 Å². The minimum atomic E-state index is -4.06. The van der Waals surface area contributed by atoms with Crippen LogP contribution in [-0.2, 0) is 4.74 Å². The molecule has 4 atom stereocenters. The maximum absolute atomic E-state index is 13.1. The molecule has 1 aliphatic heterocycles. The topological polar surface area (TPSA) is 21.3 Å². The first kappa shape index (κ1) is 16.1. The molecule has 2 fully saturated rings. The predicted molar refractivity (Wildman–Crippen MR) is 72.6 cm³/mol. The van der Waals surface area contributed by atoms with E-state index in [0.29, 0.717) is 19.4 Å². The van der Waals surface area contributed by atoms with Gasteiger partial charge in [-0.15, -0.1) is 0 Å². The fourth-order valence-corrected chi connectivity index (χ4v) is 3.58. The van der Waals surface area contributed by atoms with E-state index in [4.69, 9.17) is 4.74 Å². The second kappa shape index (κ2) is 7.12. The Balaban J connectivity index is 1.89. The van der Waals surface area contributed by atoms with Crippen molar-refractivity contribution in [3.8, 4) is 0 Å². The SMILES string of the molecule is CCCC1CC(NC2CCCCC2C(F)(F)F)CCO1. The first-order valence-electron chi connectivity index (χ1n) is 7.95. The summed E-state index contributed by atoms with van der Waals surface area (Å²) < 4.78 is 44.9. The largest absolute Gasteiger partial charge is 0.393 e. The lowest BCUT2D eigenvalue weighted by Crippen LogP contribution is -2.51. The summed E-state index contributed by atoms with van der Waals surface area (Å²) in [5.41, 5.74) is 0. The van der Waals surface area contributed by atoms with E-state index in [0.717, 1.165) is 32.1 Å². The van der Waals surface area contributed by atoms with Gasteiger partial charge in [0, 0.05) is 18.7 Å². The molecular weight excluding hydrogens is 267 g/mol. The number of hydrogen-bond acceptors (Lipinski definition) is 2. The molecule has 0 aromatic heterocycles. The molecule has 1 heterocycles. The Bertz CT molecular complexity index is 293. The van der Waals surface area contributed by atoms with Gasteiger partial charge in [0.15, 0.2) is 0 Å². The first-order chi connectivity index (χ1) is 9.50. The predicted octanol–water partition coefficient (Wildman–Crippen LogP) is 4.04. The van der Waals surface area contributed by atoms with E-state index < -0.39 is 18.1 Å². The summed E-state index contributed by atoms with van der Waals surface area (Å²) in [5.74, 6) is -1.16. The van der Waals surface area contributed by atoms with E-state index in [9.17, 15) is 13.2 Å². The smallest absolute Gasteiger partial charge is 0.378 e. The number of nitrogens with one attached hydrogen (secondary N) is 1. The Kier molecular flexibility index (Phi) is 5.73. The van der Waals surface area contributed by atoms with Crippen LogP contribution in [0.1, 0.15) is 58.3 Å². The molecule has 4 unspecified atom stereocenters. The third-order valence-electron chi connectivity index (χ3n) is 4.61. The minimum absolute atomic E-state index is 0.188. The first-order valence-corrected chi connectivity index (χ1v) is 7.95. The molecule has 20 heavy (non-hydrogen) atoms. The number of alkyl halides is 3. The van der Waals surface area contributed by atoms with Crippen molar-refractivity contribution in [2.75, 3.05) is 6.61 Å². The summed E-state index contributed by atoms with van der Waals surface area (Å²) >= 11 is 0. The molecule has 5 heteroatoms. The molecule has 0 radical (unpaired) electrons. The van der Waals surface area contributed by atoms with Crippen LogP contribution in [0.3, 0.4) is 0 Å². The van der Waals surface area contributed by atoms with Crippen molar-refractivity contribution < 1.29 is 17.9 Å². The zero-order valence-corrected chi connectivity index (χ0v) is 12.2. The monoisotopic (exact) mass is 293 g/mol. The van der Waals surface area contributed by atoms with Gasteiger partial charge in [0.25, 0.3) is 0 Å². The number of halogens is 3. The normalized spacial score (nSPS) is 36.0. The molecule has 0 aromatic carbocycles. The molecule has 0 spiro atoms. The molecule has 1 saturated heterocycles. The summed E-state index contributed by atoms with van der Waals surface area (Å²) in [6, 6.07) is -0.206. The van der Waals surface area contributed by atoms with Crippen molar-refractivity contribution in [2.45, 2.75) is 82.7 Å². The highest BCUT2D eigenvalue weighted by atomic mass is 19.4. The maximum Gasteiger partial charge on any atom is 0.393 e. The fourth-order valence-electron chi connectivity index (χ4n) is 3.58. The lowest BCUT2D eigenvalue weighted by Gasteiger charge is -2.38. The van der Waals surface area contributed by atoms with Gasteiger partial charge >= 0.3 is 6.18 Å². The highest BCUT2D eigenvalue weighted by Gasteiger charge is 2.46. The minimum Gasteiger partial charge on any atom is -0.378 e. The zero-order chi connectivity index (χ0) is 14.6. The summed E-state index contributed by atoms with van der Waals surface area (Å²) in [6.45, 7) is 2.78. The molecule has 2 aliphatic rings. The molecular formula is C15H26F3NO. The highest BCUT2D eigenvalue weighted by molar-refractivity contribution is 4.89. The van der Waals surface area contributed by atoms with E-state index in [-0.39, 0.29) is 18.6 Å². The Labute approximate surface area is 119 Å². The van der Waals surface area contributed by atoms with Crippen LogP contribution in [0, 0.1) is 5.92 Å². The number of rotatable bonds is 4. The molecule has 0 amide bonds. The number of hydrogen-bond donors (Lipinski definition) is 1. The van der Waals surface area contributed by atoms with Crippen molar-refractivity contribution in [3.05, 3.63) is 0 Å². The van der Waals surface area contributed by atoms with E-state index in [1.807, 2.05) is 0 Å². The maximum atomic E-state index is 13.1. The van der Waals surface area contributed by atoms with E-state index in [1.165, 1.54) is 0 Å². The van der Waals surface area contributed by atoms with Crippen molar-refractivity contribution in [1.29, 1.82) is 0 Å². The molecule has 0 aromatic rings. The van der Waals surface area contributed by atoms with Crippen molar-refractivity contribution in [2.24, 2.45) is 5.92 Å². The van der Waals surface area contributed by atoms with Gasteiger partial charge in [-0.2, -0.15) is 13.2 Å². The molecule has 118 valence electrons. The van der Waals surface area contributed by atoms with Gasteiger partial charge in [0.05, 0.1) is 12.0 Å².